The van der Waals surface area contributed by atoms with Crippen molar-refractivity contribution in [2.45, 2.75) is 0 Å². The van der Waals surface area contributed by atoms with Crippen LogP contribution in [0.2, 0.25) is 0 Å². The number of nitrogens with zero attached hydrogens (tertiary/aromatic N) is 2. The molecule has 0 saturated heterocycles. The van der Waals surface area contributed by atoms with Crippen molar-refractivity contribution in [3.63, 3.8) is 0 Å². The molecule has 0 amide bonds. The van der Waals surface area contributed by atoms with Gasteiger partial charge in [-0.3, -0.25) is 0 Å². The molecule has 0 bridgehead atoms. The lowest BCUT2D eigenvalue weighted by Gasteiger charge is -2.14. The van der Waals surface area contributed by atoms with Crippen molar-refractivity contribution in [1.82, 2.24) is 9.97 Å². The van der Waals surface area contributed by atoms with Crippen LogP contribution in [0.25, 0.3) is 0 Å². The van der Waals surface area contributed by atoms with Gasteiger partial charge in [-0.15, -0.1) is 0 Å². The first-order valence-corrected chi connectivity index (χ1v) is 5.82. The Bertz CT molecular complexity index is 562. The van der Waals surface area contributed by atoms with Crippen LogP contribution < -0.4 is 25.3 Å². The third kappa shape index (κ3) is 2.82. The van der Waals surface area contributed by atoms with E-state index in [0.29, 0.717) is 34.6 Å². The quantitative estimate of drug-likeness (QED) is 0.860. The number of aromatic nitrogens is 2. The molecule has 1 heterocycles. The molecule has 2 aromatic rings. The number of anilines is 3. The van der Waals surface area contributed by atoms with Gasteiger partial charge in [-0.25, -0.2) is 9.97 Å². The van der Waals surface area contributed by atoms with Crippen molar-refractivity contribution < 1.29 is 14.2 Å². The normalized spacial score (nSPS) is 9.95. The summed E-state index contributed by atoms with van der Waals surface area (Å²) in [5, 5.41) is 3.04. The highest BCUT2D eigenvalue weighted by atomic mass is 16.5. The van der Waals surface area contributed by atoms with Crippen LogP contribution >= 0.6 is 0 Å². The van der Waals surface area contributed by atoms with E-state index in [-0.39, 0.29) is 0 Å². The lowest BCUT2D eigenvalue weighted by molar-refractivity contribution is 0.324. The Morgan fingerprint density at radius 2 is 1.50 bits per heavy atom. The lowest BCUT2D eigenvalue weighted by Crippen LogP contribution is -2.00. The minimum Gasteiger partial charge on any atom is -0.493 e. The second-order valence-corrected chi connectivity index (χ2v) is 3.88. The highest BCUT2D eigenvalue weighted by molar-refractivity contribution is 5.65. The van der Waals surface area contributed by atoms with Crippen LogP contribution in [0.15, 0.2) is 24.5 Å². The van der Waals surface area contributed by atoms with Crippen molar-refractivity contribution in [3.8, 4) is 17.2 Å². The van der Waals surface area contributed by atoms with Crippen LogP contribution in [0, 0.1) is 0 Å². The molecule has 1 aromatic heterocycles. The van der Waals surface area contributed by atoms with Gasteiger partial charge in [-0.2, -0.15) is 0 Å². The molecule has 0 aliphatic carbocycles. The monoisotopic (exact) mass is 276 g/mol. The number of rotatable bonds is 5. The number of ether oxygens (including phenoxy) is 3. The van der Waals surface area contributed by atoms with Gasteiger partial charge in [-0.1, -0.05) is 0 Å². The van der Waals surface area contributed by atoms with Gasteiger partial charge in [0.15, 0.2) is 11.5 Å². The number of methoxy groups -OCH3 is 3. The van der Waals surface area contributed by atoms with E-state index in [1.807, 2.05) is 0 Å². The van der Waals surface area contributed by atoms with E-state index in [4.69, 9.17) is 19.9 Å². The largest absolute Gasteiger partial charge is 0.493 e. The van der Waals surface area contributed by atoms with E-state index < -0.39 is 0 Å². The second kappa shape index (κ2) is 5.96. The van der Waals surface area contributed by atoms with Gasteiger partial charge in [0, 0.05) is 17.8 Å². The zero-order valence-corrected chi connectivity index (χ0v) is 11.5. The molecule has 0 radical (unpaired) electrons. The third-order valence-electron chi connectivity index (χ3n) is 2.59. The first-order valence-electron chi connectivity index (χ1n) is 5.82. The number of hydrogen-bond acceptors (Lipinski definition) is 7. The molecule has 3 N–H and O–H groups in total. The molecule has 20 heavy (non-hydrogen) atoms. The maximum Gasteiger partial charge on any atom is 0.227 e. The van der Waals surface area contributed by atoms with Crippen LogP contribution in [-0.2, 0) is 0 Å². The van der Waals surface area contributed by atoms with Crippen molar-refractivity contribution in [2.24, 2.45) is 0 Å². The van der Waals surface area contributed by atoms with E-state index in [1.54, 1.807) is 33.5 Å². The van der Waals surface area contributed by atoms with Gasteiger partial charge in [0.1, 0.15) is 0 Å². The third-order valence-corrected chi connectivity index (χ3v) is 2.59. The average molecular weight is 276 g/mol. The molecule has 7 heteroatoms. The topological polar surface area (TPSA) is 91.5 Å². The SMILES string of the molecule is COc1cc(Nc2ncc(N)cn2)cc(OC)c1OC. The van der Waals surface area contributed by atoms with E-state index >= 15 is 0 Å². The molecule has 0 atom stereocenters. The van der Waals surface area contributed by atoms with Crippen molar-refractivity contribution in [1.29, 1.82) is 0 Å². The fourth-order valence-electron chi connectivity index (χ4n) is 1.68. The van der Waals surface area contributed by atoms with Gasteiger partial charge < -0.3 is 25.3 Å². The molecule has 2 rings (SSSR count). The predicted molar refractivity (Wildman–Crippen MR) is 75.8 cm³/mol. The summed E-state index contributed by atoms with van der Waals surface area (Å²) < 4.78 is 15.8. The Hall–Kier alpha value is -2.70. The molecule has 7 nitrogen and oxygen atoms in total. The molecule has 0 fully saturated rings. The minimum absolute atomic E-state index is 0.425. The summed E-state index contributed by atoms with van der Waals surface area (Å²) in [5.41, 5.74) is 6.75. The first kappa shape index (κ1) is 13.7. The van der Waals surface area contributed by atoms with Crippen molar-refractivity contribution in [2.75, 3.05) is 32.4 Å². The Kier molecular flexibility index (Phi) is 4.09. The molecule has 106 valence electrons. The summed E-state index contributed by atoms with van der Waals surface area (Å²) in [5.74, 6) is 2.04. The van der Waals surface area contributed by atoms with E-state index in [1.165, 1.54) is 12.4 Å². The van der Waals surface area contributed by atoms with Crippen molar-refractivity contribution in [3.05, 3.63) is 24.5 Å². The molecule has 0 aliphatic heterocycles. The van der Waals surface area contributed by atoms with Crippen LogP contribution in [-0.4, -0.2) is 31.3 Å². The summed E-state index contributed by atoms with van der Waals surface area (Å²) in [6.45, 7) is 0. The van der Waals surface area contributed by atoms with Gasteiger partial charge in [-0.05, 0) is 0 Å². The summed E-state index contributed by atoms with van der Waals surface area (Å²) in [4.78, 5) is 8.13. The number of nitrogens with one attached hydrogen (secondary N) is 1. The molecule has 0 aliphatic rings. The average Bonchev–Trinajstić information content (AvgIpc) is 2.48. The minimum atomic E-state index is 0.425. The fourth-order valence-corrected chi connectivity index (χ4v) is 1.68. The van der Waals surface area contributed by atoms with Crippen molar-refractivity contribution >= 4 is 17.3 Å². The van der Waals surface area contributed by atoms with Crippen LogP contribution in [0.3, 0.4) is 0 Å². The van der Waals surface area contributed by atoms with Gasteiger partial charge in [0.2, 0.25) is 11.7 Å². The van der Waals surface area contributed by atoms with E-state index in [9.17, 15) is 0 Å². The molecule has 0 spiro atoms. The highest BCUT2D eigenvalue weighted by Crippen LogP contribution is 2.40. The summed E-state index contributed by atoms with van der Waals surface area (Å²) in [7, 11) is 4.66. The smallest absolute Gasteiger partial charge is 0.227 e. The van der Waals surface area contributed by atoms with Crippen LogP contribution in [0.1, 0.15) is 0 Å². The van der Waals surface area contributed by atoms with E-state index in [0.717, 1.165) is 0 Å². The maximum atomic E-state index is 5.54. The number of nitrogens with two attached hydrogens (primary N) is 1. The maximum absolute atomic E-state index is 5.54. The lowest BCUT2D eigenvalue weighted by atomic mass is 10.2. The number of hydrogen-bond donors (Lipinski definition) is 2. The first-order chi connectivity index (χ1) is 9.67. The van der Waals surface area contributed by atoms with Gasteiger partial charge in [0.25, 0.3) is 0 Å². The van der Waals surface area contributed by atoms with Crippen LogP contribution in [0.5, 0.6) is 17.2 Å². The fraction of sp³-hybridized carbons (Fsp3) is 0.231. The Morgan fingerprint density at radius 1 is 0.950 bits per heavy atom. The van der Waals surface area contributed by atoms with Gasteiger partial charge >= 0.3 is 0 Å². The summed E-state index contributed by atoms with van der Waals surface area (Å²) in [6, 6.07) is 3.53. The van der Waals surface area contributed by atoms with Gasteiger partial charge in [0.05, 0.1) is 39.4 Å². The Morgan fingerprint density at radius 3 is 1.95 bits per heavy atom. The molecule has 0 saturated carbocycles. The highest BCUT2D eigenvalue weighted by Gasteiger charge is 2.13. The Labute approximate surface area is 116 Å². The zero-order valence-electron chi connectivity index (χ0n) is 11.5. The second-order valence-electron chi connectivity index (χ2n) is 3.88. The summed E-state index contributed by atoms with van der Waals surface area (Å²) in [6.07, 6.45) is 3.04. The Balaban J connectivity index is 2.34. The summed E-state index contributed by atoms with van der Waals surface area (Å²) >= 11 is 0. The molecular formula is C13H16N4O3. The van der Waals surface area contributed by atoms with E-state index in [2.05, 4.69) is 15.3 Å². The number of nitrogen functional groups attached to an aromatic ring is 1. The zero-order chi connectivity index (χ0) is 14.5. The molecule has 1 aromatic carbocycles. The molecular weight excluding hydrogens is 260 g/mol. The standard InChI is InChI=1S/C13H16N4O3/c1-18-10-4-9(5-11(19-2)12(10)20-3)17-13-15-6-8(14)7-16-13/h4-7H,14H2,1-3H3,(H,15,16,17). The molecule has 0 unspecified atom stereocenters. The number of benzene rings is 1. The van der Waals surface area contributed by atoms with Crippen LogP contribution in [0.4, 0.5) is 17.3 Å². The predicted octanol–water partition coefficient (Wildman–Crippen LogP) is 1.83.